The predicted octanol–water partition coefficient (Wildman–Crippen LogP) is 3.36. The van der Waals surface area contributed by atoms with Crippen LogP contribution in [0.2, 0.25) is 0 Å². The van der Waals surface area contributed by atoms with E-state index in [0.29, 0.717) is 5.92 Å². The van der Waals surface area contributed by atoms with Gasteiger partial charge in [0.05, 0.1) is 6.61 Å². The number of nitrogens with one attached hydrogen (secondary N) is 1. The van der Waals surface area contributed by atoms with Crippen molar-refractivity contribution in [1.29, 1.82) is 0 Å². The Bertz CT molecular complexity index is 338. The quantitative estimate of drug-likeness (QED) is 0.419. The molecule has 0 aromatic heterocycles. The molecule has 3 atom stereocenters. The molecular formula is C17H34IN3O. The second kappa shape index (κ2) is 10.7. The van der Waals surface area contributed by atoms with Crippen LogP contribution in [0.25, 0.3) is 0 Å². The van der Waals surface area contributed by atoms with Gasteiger partial charge in [0.2, 0.25) is 0 Å². The van der Waals surface area contributed by atoms with Crippen molar-refractivity contribution in [2.24, 2.45) is 22.7 Å². The van der Waals surface area contributed by atoms with Crippen molar-refractivity contribution in [2.45, 2.75) is 45.4 Å². The predicted molar refractivity (Wildman–Crippen MR) is 104 cm³/mol. The number of nitrogens with zero attached hydrogens (tertiary/aromatic N) is 2. The number of halogens is 1. The summed E-state index contributed by atoms with van der Waals surface area (Å²) in [5, 5.41) is 3.57. The highest BCUT2D eigenvalue weighted by molar-refractivity contribution is 14.0. The molecular weight excluding hydrogens is 389 g/mol. The fraction of sp³-hybridized carbons (Fsp3) is 0.941. The van der Waals surface area contributed by atoms with Crippen LogP contribution in [0.1, 0.15) is 45.4 Å². The maximum atomic E-state index is 5.27. The molecule has 0 amide bonds. The van der Waals surface area contributed by atoms with Gasteiger partial charge in [0, 0.05) is 39.7 Å². The van der Waals surface area contributed by atoms with Crippen LogP contribution in [0.5, 0.6) is 0 Å². The molecule has 2 aliphatic rings. The lowest BCUT2D eigenvalue weighted by molar-refractivity contribution is 0.157. The van der Waals surface area contributed by atoms with E-state index in [0.717, 1.165) is 44.0 Å². The lowest BCUT2D eigenvalue weighted by atomic mass is 9.81. The van der Waals surface area contributed by atoms with Crippen LogP contribution in [0.4, 0.5) is 0 Å². The van der Waals surface area contributed by atoms with E-state index in [1.54, 1.807) is 7.11 Å². The highest BCUT2D eigenvalue weighted by Gasteiger charge is 2.25. The van der Waals surface area contributed by atoms with Crippen molar-refractivity contribution in [3.63, 3.8) is 0 Å². The van der Waals surface area contributed by atoms with Gasteiger partial charge in [0.25, 0.3) is 0 Å². The van der Waals surface area contributed by atoms with E-state index in [9.17, 15) is 0 Å². The number of rotatable bonds is 5. The van der Waals surface area contributed by atoms with Crippen molar-refractivity contribution >= 4 is 29.9 Å². The standard InChI is InChI=1S/C17H33N3O.HI/c1-14-5-4-6-15(11-14)7-9-19-17(18-2)20-10-8-16(12-20)13-21-3;/h14-16H,4-13H2,1-3H3,(H,18,19);1H. The first kappa shape index (κ1) is 20.0. The fourth-order valence-corrected chi connectivity index (χ4v) is 3.94. The number of ether oxygens (including phenoxy) is 1. The summed E-state index contributed by atoms with van der Waals surface area (Å²) in [6.07, 6.45) is 8.20. The monoisotopic (exact) mass is 423 g/mol. The molecule has 1 heterocycles. The van der Waals surface area contributed by atoms with E-state index < -0.39 is 0 Å². The minimum Gasteiger partial charge on any atom is -0.384 e. The lowest BCUT2D eigenvalue weighted by Crippen LogP contribution is -2.41. The summed E-state index contributed by atoms with van der Waals surface area (Å²) in [4.78, 5) is 6.83. The Labute approximate surface area is 153 Å². The molecule has 0 aromatic rings. The third-order valence-corrected chi connectivity index (χ3v) is 5.08. The average molecular weight is 423 g/mol. The average Bonchev–Trinajstić information content (AvgIpc) is 2.92. The summed E-state index contributed by atoms with van der Waals surface area (Å²) in [5.41, 5.74) is 0. The zero-order valence-electron chi connectivity index (χ0n) is 14.5. The van der Waals surface area contributed by atoms with Crippen LogP contribution in [-0.4, -0.2) is 51.3 Å². The van der Waals surface area contributed by atoms with Gasteiger partial charge in [-0.3, -0.25) is 4.99 Å². The van der Waals surface area contributed by atoms with Crippen LogP contribution in [0.3, 0.4) is 0 Å². The van der Waals surface area contributed by atoms with Crippen LogP contribution >= 0.6 is 24.0 Å². The SMILES string of the molecule is CN=C(NCCC1CCCC(C)C1)N1CCC(COC)C1.I. The Morgan fingerprint density at radius 1 is 1.27 bits per heavy atom. The Morgan fingerprint density at radius 3 is 2.77 bits per heavy atom. The molecule has 0 radical (unpaired) electrons. The van der Waals surface area contributed by atoms with Gasteiger partial charge in [0.1, 0.15) is 0 Å². The summed E-state index contributed by atoms with van der Waals surface area (Å²) in [6, 6.07) is 0. The summed E-state index contributed by atoms with van der Waals surface area (Å²) in [5.74, 6) is 3.58. The first-order valence-electron chi connectivity index (χ1n) is 8.67. The Kier molecular flexibility index (Phi) is 9.71. The van der Waals surface area contributed by atoms with Crippen LogP contribution in [0, 0.1) is 17.8 Å². The van der Waals surface area contributed by atoms with Crippen molar-refractivity contribution in [3.05, 3.63) is 0 Å². The molecule has 1 saturated heterocycles. The molecule has 1 aliphatic carbocycles. The molecule has 1 aliphatic heterocycles. The van der Waals surface area contributed by atoms with Gasteiger partial charge in [-0.05, 0) is 31.1 Å². The molecule has 0 spiro atoms. The number of likely N-dealkylation sites (tertiary alicyclic amines) is 1. The molecule has 5 heteroatoms. The van der Waals surface area contributed by atoms with Crippen LogP contribution in [-0.2, 0) is 4.74 Å². The van der Waals surface area contributed by atoms with Gasteiger partial charge >= 0.3 is 0 Å². The van der Waals surface area contributed by atoms with Crippen molar-refractivity contribution < 1.29 is 4.74 Å². The van der Waals surface area contributed by atoms with E-state index in [4.69, 9.17) is 4.74 Å². The second-order valence-electron chi connectivity index (χ2n) is 6.96. The first-order valence-corrected chi connectivity index (χ1v) is 8.67. The normalized spacial score (nSPS) is 29.3. The highest BCUT2D eigenvalue weighted by Crippen LogP contribution is 2.30. The number of hydrogen-bond acceptors (Lipinski definition) is 2. The van der Waals surface area contributed by atoms with Crippen LogP contribution in [0.15, 0.2) is 4.99 Å². The second-order valence-corrected chi connectivity index (χ2v) is 6.96. The molecule has 4 nitrogen and oxygen atoms in total. The molecule has 0 aromatic carbocycles. The van der Waals surface area contributed by atoms with Gasteiger partial charge in [-0.25, -0.2) is 0 Å². The number of methoxy groups -OCH3 is 1. The van der Waals surface area contributed by atoms with E-state index in [-0.39, 0.29) is 24.0 Å². The Hall–Kier alpha value is -0.0400. The molecule has 130 valence electrons. The third-order valence-electron chi connectivity index (χ3n) is 5.08. The maximum absolute atomic E-state index is 5.27. The van der Waals surface area contributed by atoms with Gasteiger partial charge < -0.3 is 15.0 Å². The first-order chi connectivity index (χ1) is 10.2. The lowest BCUT2D eigenvalue weighted by Gasteiger charge is -2.27. The zero-order valence-corrected chi connectivity index (χ0v) is 16.8. The summed E-state index contributed by atoms with van der Waals surface area (Å²) in [7, 11) is 3.69. The maximum Gasteiger partial charge on any atom is 0.193 e. The summed E-state index contributed by atoms with van der Waals surface area (Å²) < 4.78 is 5.27. The third kappa shape index (κ3) is 6.22. The minimum absolute atomic E-state index is 0. The fourth-order valence-electron chi connectivity index (χ4n) is 3.94. The van der Waals surface area contributed by atoms with Crippen molar-refractivity contribution in [2.75, 3.05) is 40.4 Å². The van der Waals surface area contributed by atoms with Crippen molar-refractivity contribution in [1.82, 2.24) is 10.2 Å². The minimum atomic E-state index is 0. The van der Waals surface area contributed by atoms with E-state index in [2.05, 4.69) is 22.1 Å². The highest BCUT2D eigenvalue weighted by atomic mass is 127. The topological polar surface area (TPSA) is 36.9 Å². The smallest absolute Gasteiger partial charge is 0.193 e. The number of aliphatic imine (C=N–C) groups is 1. The van der Waals surface area contributed by atoms with Gasteiger partial charge in [-0.2, -0.15) is 0 Å². The van der Waals surface area contributed by atoms with E-state index in [1.807, 2.05) is 7.05 Å². The molecule has 1 saturated carbocycles. The number of hydrogen-bond donors (Lipinski definition) is 1. The number of guanidine groups is 1. The van der Waals surface area contributed by atoms with Crippen molar-refractivity contribution in [3.8, 4) is 0 Å². The summed E-state index contributed by atoms with van der Waals surface area (Å²) in [6.45, 7) is 6.52. The molecule has 0 bridgehead atoms. The van der Waals surface area contributed by atoms with E-state index in [1.165, 1.54) is 38.5 Å². The molecule has 22 heavy (non-hydrogen) atoms. The van der Waals surface area contributed by atoms with E-state index >= 15 is 0 Å². The molecule has 2 fully saturated rings. The molecule has 1 N–H and O–H groups in total. The van der Waals surface area contributed by atoms with Gasteiger partial charge in [0.15, 0.2) is 5.96 Å². The molecule has 3 unspecified atom stereocenters. The Morgan fingerprint density at radius 2 is 2.09 bits per heavy atom. The van der Waals surface area contributed by atoms with Crippen LogP contribution < -0.4 is 5.32 Å². The zero-order chi connectivity index (χ0) is 15.1. The summed E-state index contributed by atoms with van der Waals surface area (Å²) >= 11 is 0. The molecule has 2 rings (SSSR count). The Balaban J connectivity index is 0.00000242. The van der Waals surface area contributed by atoms with Gasteiger partial charge in [-0.1, -0.05) is 26.2 Å². The van der Waals surface area contributed by atoms with Gasteiger partial charge in [-0.15, -0.1) is 24.0 Å². The largest absolute Gasteiger partial charge is 0.384 e.